The molecule has 0 atom stereocenters. The summed E-state index contributed by atoms with van der Waals surface area (Å²) in [4.78, 5) is 11.1. The number of nitrogens with zero attached hydrogens (tertiary/aromatic N) is 1. The number of rotatable bonds is 4. The summed E-state index contributed by atoms with van der Waals surface area (Å²) in [5, 5.41) is 2.71. The molecule has 5 N–H and O–H groups in total. The first-order valence-electron chi connectivity index (χ1n) is 4.09. The average Bonchev–Trinajstić information content (AvgIpc) is 1.99. The second-order valence-corrected chi connectivity index (χ2v) is 3.91. The Morgan fingerprint density at radius 3 is 2.38 bits per heavy atom. The molecule has 0 bridgehead atoms. The van der Waals surface area contributed by atoms with Gasteiger partial charge in [-0.05, 0) is 0 Å². The standard InChI is InChI=1S/C8H18N4O/c1-12(2,3)6-11-8(13)4-7(10)5-9/h4H,5-6,9H2,1-3H3,(H2-,10,11,13)/p+1. The second-order valence-electron chi connectivity index (χ2n) is 3.91. The van der Waals surface area contributed by atoms with E-state index in [1.165, 1.54) is 6.08 Å². The molecule has 0 aromatic rings. The van der Waals surface area contributed by atoms with E-state index in [1.54, 1.807) is 0 Å². The molecule has 5 heteroatoms. The van der Waals surface area contributed by atoms with Crippen molar-refractivity contribution in [2.24, 2.45) is 11.5 Å². The molecule has 0 spiro atoms. The summed E-state index contributed by atoms with van der Waals surface area (Å²) in [6.07, 6.45) is 1.32. The highest BCUT2D eigenvalue weighted by atomic mass is 16.1. The van der Waals surface area contributed by atoms with Crippen LogP contribution in [0.2, 0.25) is 0 Å². The zero-order valence-electron chi connectivity index (χ0n) is 8.50. The Morgan fingerprint density at radius 2 is 2.00 bits per heavy atom. The zero-order chi connectivity index (χ0) is 10.5. The number of hydrogen-bond donors (Lipinski definition) is 3. The van der Waals surface area contributed by atoms with Gasteiger partial charge in [-0.1, -0.05) is 0 Å². The number of hydrogen-bond acceptors (Lipinski definition) is 3. The molecule has 0 saturated carbocycles. The minimum atomic E-state index is -0.198. The molecule has 0 saturated heterocycles. The van der Waals surface area contributed by atoms with Crippen LogP contribution >= 0.6 is 0 Å². The third kappa shape index (κ3) is 7.30. The summed E-state index contributed by atoms with van der Waals surface area (Å²) >= 11 is 0. The van der Waals surface area contributed by atoms with Gasteiger partial charge in [0.05, 0.1) is 21.1 Å². The van der Waals surface area contributed by atoms with Crippen LogP contribution in [-0.4, -0.2) is 44.7 Å². The summed E-state index contributed by atoms with van der Waals surface area (Å²) in [6, 6.07) is 0. The largest absolute Gasteiger partial charge is 0.401 e. The predicted octanol–water partition coefficient (Wildman–Crippen LogP) is -1.43. The quantitative estimate of drug-likeness (QED) is 0.287. The third-order valence-corrected chi connectivity index (χ3v) is 1.28. The molecule has 5 nitrogen and oxygen atoms in total. The van der Waals surface area contributed by atoms with Crippen molar-refractivity contribution in [3.8, 4) is 0 Å². The van der Waals surface area contributed by atoms with E-state index in [-0.39, 0.29) is 12.5 Å². The lowest BCUT2D eigenvalue weighted by Crippen LogP contribution is -2.44. The van der Waals surface area contributed by atoms with Crippen LogP contribution in [0.25, 0.3) is 0 Å². The number of nitrogens with two attached hydrogens (primary N) is 2. The van der Waals surface area contributed by atoms with Crippen LogP contribution in [-0.2, 0) is 4.79 Å². The summed E-state index contributed by atoms with van der Waals surface area (Å²) in [7, 11) is 5.95. The van der Waals surface area contributed by atoms with Crippen molar-refractivity contribution in [3.63, 3.8) is 0 Å². The van der Waals surface area contributed by atoms with E-state index in [0.717, 1.165) is 0 Å². The molecular weight excluding hydrogens is 168 g/mol. The number of quaternary nitrogens is 1. The summed E-state index contributed by atoms with van der Waals surface area (Å²) in [5.74, 6) is -0.198. The molecule has 0 radical (unpaired) electrons. The number of carbonyl (C=O) groups excluding carboxylic acids is 1. The molecule has 1 amide bonds. The van der Waals surface area contributed by atoms with Gasteiger partial charge in [0.15, 0.2) is 6.67 Å². The van der Waals surface area contributed by atoms with Crippen molar-refractivity contribution < 1.29 is 9.28 Å². The molecule has 0 aromatic carbocycles. The summed E-state index contributed by atoms with van der Waals surface area (Å²) in [6.45, 7) is 0.769. The van der Waals surface area contributed by atoms with Gasteiger partial charge in [0, 0.05) is 18.3 Å². The van der Waals surface area contributed by atoms with Gasteiger partial charge < -0.3 is 21.3 Å². The van der Waals surface area contributed by atoms with Gasteiger partial charge in [0.25, 0.3) is 0 Å². The topological polar surface area (TPSA) is 81.1 Å². The van der Waals surface area contributed by atoms with Gasteiger partial charge in [-0.3, -0.25) is 4.79 Å². The Hall–Kier alpha value is -1.07. The number of amides is 1. The average molecular weight is 187 g/mol. The maximum atomic E-state index is 11.1. The van der Waals surface area contributed by atoms with Crippen molar-refractivity contribution >= 4 is 5.91 Å². The maximum absolute atomic E-state index is 11.1. The Balaban J connectivity index is 3.90. The van der Waals surface area contributed by atoms with Crippen molar-refractivity contribution in [2.75, 3.05) is 34.4 Å². The SMILES string of the molecule is C[N+](C)(C)CNC(=O)C=C(N)CN. The molecule has 0 aromatic heterocycles. The fourth-order valence-corrected chi connectivity index (χ4v) is 0.593. The first kappa shape index (κ1) is 11.9. The molecule has 0 heterocycles. The van der Waals surface area contributed by atoms with Gasteiger partial charge in [-0.2, -0.15) is 0 Å². The van der Waals surface area contributed by atoms with Gasteiger partial charge in [0.1, 0.15) is 0 Å². The lowest BCUT2D eigenvalue weighted by atomic mass is 10.4. The highest BCUT2D eigenvalue weighted by Crippen LogP contribution is 1.86. The first-order chi connectivity index (χ1) is 5.85. The lowest BCUT2D eigenvalue weighted by molar-refractivity contribution is -0.872. The molecule has 76 valence electrons. The van der Waals surface area contributed by atoms with Gasteiger partial charge in [0.2, 0.25) is 5.91 Å². The third-order valence-electron chi connectivity index (χ3n) is 1.28. The van der Waals surface area contributed by atoms with Crippen LogP contribution in [0, 0.1) is 0 Å². The van der Waals surface area contributed by atoms with Gasteiger partial charge in [-0.15, -0.1) is 0 Å². The van der Waals surface area contributed by atoms with E-state index < -0.39 is 0 Å². The molecule has 0 rings (SSSR count). The molecule has 13 heavy (non-hydrogen) atoms. The smallest absolute Gasteiger partial charge is 0.249 e. The van der Waals surface area contributed by atoms with E-state index >= 15 is 0 Å². The Morgan fingerprint density at radius 1 is 1.46 bits per heavy atom. The normalized spacial score (nSPS) is 12.8. The van der Waals surface area contributed by atoms with Crippen LogP contribution < -0.4 is 16.8 Å². The van der Waals surface area contributed by atoms with E-state index in [2.05, 4.69) is 5.32 Å². The van der Waals surface area contributed by atoms with E-state index in [1.807, 2.05) is 21.1 Å². The van der Waals surface area contributed by atoms with Crippen molar-refractivity contribution in [1.82, 2.24) is 5.32 Å². The highest BCUT2D eigenvalue weighted by molar-refractivity contribution is 5.87. The molecule has 0 aliphatic heterocycles. The van der Waals surface area contributed by atoms with Crippen LogP contribution in [0.4, 0.5) is 0 Å². The molecule has 0 aliphatic carbocycles. The molecular formula is C8H19N4O+. The molecule has 0 fully saturated rings. The minimum absolute atomic E-state index is 0.198. The first-order valence-corrected chi connectivity index (χ1v) is 4.09. The molecule has 0 aliphatic rings. The maximum Gasteiger partial charge on any atom is 0.249 e. The van der Waals surface area contributed by atoms with Crippen LogP contribution in [0.3, 0.4) is 0 Å². The Kier molecular flexibility index (Phi) is 4.44. The Labute approximate surface area is 79.0 Å². The fourth-order valence-electron chi connectivity index (χ4n) is 0.593. The minimum Gasteiger partial charge on any atom is -0.401 e. The van der Waals surface area contributed by atoms with Gasteiger partial charge >= 0.3 is 0 Å². The predicted molar refractivity (Wildman–Crippen MR) is 52.4 cm³/mol. The fraction of sp³-hybridized carbons (Fsp3) is 0.625. The van der Waals surface area contributed by atoms with Crippen LogP contribution in [0.1, 0.15) is 0 Å². The van der Waals surface area contributed by atoms with E-state index in [0.29, 0.717) is 16.8 Å². The van der Waals surface area contributed by atoms with Crippen molar-refractivity contribution in [3.05, 3.63) is 11.8 Å². The van der Waals surface area contributed by atoms with Gasteiger partial charge in [-0.25, -0.2) is 0 Å². The van der Waals surface area contributed by atoms with Crippen LogP contribution in [0.5, 0.6) is 0 Å². The number of nitrogens with one attached hydrogen (secondary N) is 1. The molecule has 0 unspecified atom stereocenters. The summed E-state index contributed by atoms with van der Waals surface area (Å²) < 4.78 is 0.669. The van der Waals surface area contributed by atoms with Crippen LogP contribution in [0.15, 0.2) is 11.8 Å². The number of carbonyl (C=O) groups is 1. The van der Waals surface area contributed by atoms with Crippen molar-refractivity contribution in [1.29, 1.82) is 0 Å². The Bertz CT molecular complexity index is 205. The zero-order valence-corrected chi connectivity index (χ0v) is 8.50. The second kappa shape index (κ2) is 4.84. The summed E-state index contributed by atoms with van der Waals surface area (Å²) in [5.41, 5.74) is 11.0. The highest BCUT2D eigenvalue weighted by Gasteiger charge is 2.07. The lowest BCUT2D eigenvalue weighted by Gasteiger charge is -2.23. The van der Waals surface area contributed by atoms with E-state index in [9.17, 15) is 4.79 Å². The van der Waals surface area contributed by atoms with E-state index in [4.69, 9.17) is 11.5 Å². The monoisotopic (exact) mass is 187 g/mol. The van der Waals surface area contributed by atoms with Crippen molar-refractivity contribution in [2.45, 2.75) is 0 Å².